The number of amides is 3. The van der Waals surface area contributed by atoms with E-state index in [9.17, 15) is 9.59 Å². The first-order valence-electron chi connectivity index (χ1n) is 8.81. The average molecular weight is 381 g/mol. The number of carbonyl (C=O) groups is 2. The number of aryl methyl sites for hydroxylation is 1. The Morgan fingerprint density at radius 2 is 1.75 bits per heavy atom. The molecule has 0 saturated carbocycles. The lowest BCUT2D eigenvalue weighted by molar-refractivity contribution is -0.113. The van der Waals surface area contributed by atoms with Gasteiger partial charge < -0.3 is 25.4 Å². The van der Waals surface area contributed by atoms with Crippen LogP contribution >= 0.6 is 0 Å². The number of nitrogens with one attached hydrogen (secondary N) is 3. The van der Waals surface area contributed by atoms with E-state index in [1.54, 1.807) is 32.2 Å². The van der Waals surface area contributed by atoms with Crippen molar-refractivity contribution in [2.24, 2.45) is 0 Å². The molecule has 1 heterocycles. The van der Waals surface area contributed by atoms with E-state index in [4.69, 9.17) is 9.47 Å². The number of anilines is 1. The van der Waals surface area contributed by atoms with Crippen LogP contribution in [-0.4, -0.2) is 26.2 Å². The fraction of sp³-hybridized carbons (Fsp3) is 0.238. The summed E-state index contributed by atoms with van der Waals surface area (Å²) in [6.45, 7) is 3.69. The number of benzene rings is 2. The highest BCUT2D eigenvalue weighted by Crippen LogP contribution is 2.32. The lowest BCUT2D eigenvalue weighted by Gasteiger charge is -2.29. The van der Waals surface area contributed by atoms with Gasteiger partial charge in [-0.15, -0.1) is 0 Å². The van der Waals surface area contributed by atoms with Crippen LogP contribution in [0.1, 0.15) is 24.1 Å². The first-order chi connectivity index (χ1) is 13.4. The zero-order valence-corrected chi connectivity index (χ0v) is 16.3. The Kier molecular flexibility index (Phi) is 5.54. The molecule has 1 aliphatic heterocycles. The Labute approximate surface area is 163 Å². The maximum atomic E-state index is 13.1. The molecule has 2 aromatic rings. The molecule has 2 aromatic carbocycles. The molecule has 0 aromatic heterocycles. The van der Waals surface area contributed by atoms with Gasteiger partial charge in [-0.1, -0.05) is 29.8 Å². The molecule has 7 nitrogen and oxygen atoms in total. The Balaban J connectivity index is 1.94. The van der Waals surface area contributed by atoms with E-state index >= 15 is 0 Å². The highest BCUT2D eigenvalue weighted by molar-refractivity contribution is 6.07. The van der Waals surface area contributed by atoms with Gasteiger partial charge in [-0.25, -0.2) is 4.79 Å². The quantitative estimate of drug-likeness (QED) is 0.742. The molecule has 0 radical (unpaired) electrons. The van der Waals surface area contributed by atoms with Crippen LogP contribution in [0.3, 0.4) is 0 Å². The summed E-state index contributed by atoms with van der Waals surface area (Å²) in [4.78, 5) is 25.1. The van der Waals surface area contributed by atoms with E-state index in [2.05, 4.69) is 16.0 Å². The van der Waals surface area contributed by atoms with Crippen LogP contribution in [0.15, 0.2) is 53.7 Å². The summed E-state index contributed by atoms with van der Waals surface area (Å²) >= 11 is 0. The molecule has 1 atom stereocenters. The summed E-state index contributed by atoms with van der Waals surface area (Å²) in [5, 5.41) is 8.37. The fourth-order valence-corrected chi connectivity index (χ4v) is 3.10. The Hall–Kier alpha value is -3.48. The zero-order valence-electron chi connectivity index (χ0n) is 16.3. The van der Waals surface area contributed by atoms with Crippen molar-refractivity contribution in [1.29, 1.82) is 0 Å². The summed E-state index contributed by atoms with van der Waals surface area (Å²) in [6, 6.07) is 11.9. The molecule has 0 saturated heterocycles. The van der Waals surface area contributed by atoms with Crippen LogP contribution < -0.4 is 25.4 Å². The monoisotopic (exact) mass is 381 g/mol. The molecule has 3 amide bonds. The van der Waals surface area contributed by atoms with Gasteiger partial charge in [0.15, 0.2) is 0 Å². The molecule has 28 heavy (non-hydrogen) atoms. The van der Waals surface area contributed by atoms with Gasteiger partial charge >= 0.3 is 6.03 Å². The van der Waals surface area contributed by atoms with E-state index < -0.39 is 6.04 Å². The molecule has 3 N–H and O–H groups in total. The minimum atomic E-state index is -0.557. The number of hydrogen-bond acceptors (Lipinski definition) is 4. The van der Waals surface area contributed by atoms with Crippen molar-refractivity contribution < 1.29 is 19.1 Å². The van der Waals surface area contributed by atoms with Gasteiger partial charge in [-0.2, -0.15) is 0 Å². The van der Waals surface area contributed by atoms with Gasteiger partial charge in [0.2, 0.25) is 0 Å². The smallest absolute Gasteiger partial charge is 0.319 e. The molecule has 0 bridgehead atoms. The first-order valence-corrected chi connectivity index (χ1v) is 8.81. The normalized spacial score (nSPS) is 16.1. The van der Waals surface area contributed by atoms with E-state index in [0.29, 0.717) is 28.5 Å². The Bertz CT molecular complexity index is 935. The van der Waals surface area contributed by atoms with Gasteiger partial charge in [0, 0.05) is 11.8 Å². The topological polar surface area (TPSA) is 88.7 Å². The number of allylic oxidation sites excluding steroid dienone is 1. The van der Waals surface area contributed by atoms with Crippen LogP contribution in [0.2, 0.25) is 0 Å². The lowest BCUT2D eigenvalue weighted by atomic mass is 9.94. The maximum Gasteiger partial charge on any atom is 0.319 e. The number of urea groups is 1. The third-order valence-electron chi connectivity index (χ3n) is 4.58. The molecule has 1 aliphatic rings. The second kappa shape index (κ2) is 8.04. The predicted octanol–water partition coefficient (Wildman–Crippen LogP) is 3.28. The third-order valence-corrected chi connectivity index (χ3v) is 4.58. The van der Waals surface area contributed by atoms with Crippen molar-refractivity contribution in [2.75, 3.05) is 19.5 Å². The van der Waals surface area contributed by atoms with Crippen LogP contribution in [-0.2, 0) is 4.79 Å². The molecule has 0 unspecified atom stereocenters. The van der Waals surface area contributed by atoms with Crippen molar-refractivity contribution in [2.45, 2.75) is 19.9 Å². The molecular weight excluding hydrogens is 358 g/mol. The van der Waals surface area contributed by atoms with Crippen molar-refractivity contribution in [3.05, 3.63) is 64.9 Å². The number of rotatable bonds is 5. The van der Waals surface area contributed by atoms with Crippen molar-refractivity contribution in [1.82, 2.24) is 10.6 Å². The number of hydrogen-bond donors (Lipinski definition) is 3. The molecule has 0 spiro atoms. The highest BCUT2D eigenvalue weighted by Gasteiger charge is 2.31. The van der Waals surface area contributed by atoms with Crippen LogP contribution in [0, 0.1) is 6.92 Å². The lowest BCUT2D eigenvalue weighted by Crippen LogP contribution is -2.46. The fourth-order valence-electron chi connectivity index (χ4n) is 3.10. The van der Waals surface area contributed by atoms with E-state index in [1.807, 2.05) is 31.2 Å². The first kappa shape index (κ1) is 19.3. The average Bonchev–Trinajstić information content (AvgIpc) is 2.68. The van der Waals surface area contributed by atoms with E-state index in [1.165, 1.54) is 7.11 Å². The third kappa shape index (κ3) is 3.93. The molecule has 7 heteroatoms. The molecular formula is C21H23N3O4. The summed E-state index contributed by atoms with van der Waals surface area (Å²) in [5.74, 6) is 0.763. The summed E-state index contributed by atoms with van der Waals surface area (Å²) < 4.78 is 10.5. The summed E-state index contributed by atoms with van der Waals surface area (Å²) in [7, 11) is 3.08. The Morgan fingerprint density at radius 1 is 1.04 bits per heavy atom. The van der Waals surface area contributed by atoms with Gasteiger partial charge in [-0.3, -0.25) is 4.79 Å². The SMILES string of the molecule is COc1ccc(NC(=O)C2=C(C)NC(=O)N[C@@H]2c2ccc(C)cc2)c(OC)c1. The molecule has 146 valence electrons. The predicted molar refractivity (Wildman–Crippen MR) is 106 cm³/mol. The number of carbonyl (C=O) groups excluding carboxylic acids is 2. The summed E-state index contributed by atoms with van der Waals surface area (Å²) in [5.41, 5.74) is 3.36. The second-order valence-corrected chi connectivity index (χ2v) is 6.50. The largest absolute Gasteiger partial charge is 0.497 e. The standard InChI is InChI=1S/C21H23N3O4/c1-12-5-7-14(8-6-12)19-18(13(2)22-21(26)24-19)20(25)23-16-10-9-15(27-3)11-17(16)28-4/h5-11,19H,1-4H3,(H,23,25)(H2,22,24,26)/t19-/m1/s1. The Morgan fingerprint density at radius 3 is 2.39 bits per heavy atom. The van der Waals surface area contributed by atoms with Crippen LogP contribution in [0.4, 0.5) is 10.5 Å². The number of ether oxygens (including phenoxy) is 2. The van der Waals surface area contributed by atoms with Gasteiger partial charge in [-0.05, 0) is 31.5 Å². The minimum Gasteiger partial charge on any atom is -0.497 e. The van der Waals surface area contributed by atoms with Gasteiger partial charge in [0.25, 0.3) is 5.91 Å². The van der Waals surface area contributed by atoms with Crippen molar-refractivity contribution in [3.8, 4) is 11.5 Å². The summed E-state index contributed by atoms with van der Waals surface area (Å²) in [6.07, 6.45) is 0. The van der Waals surface area contributed by atoms with Gasteiger partial charge in [0.1, 0.15) is 11.5 Å². The second-order valence-electron chi connectivity index (χ2n) is 6.50. The molecule has 0 fully saturated rings. The van der Waals surface area contributed by atoms with Crippen LogP contribution in [0.5, 0.6) is 11.5 Å². The van der Waals surface area contributed by atoms with Crippen LogP contribution in [0.25, 0.3) is 0 Å². The minimum absolute atomic E-state index is 0.334. The molecule has 3 rings (SSSR count). The van der Waals surface area contributed by atoms with Gasteiger partial charge in [0.05, 0.1) is 31.5 Å². The van der Waals surface area contributed by atoms with Crippen molar-refractivity contribution in [3.63, 3.8) is 0 Å². The highest BCUT2D eigenvalue weighted by atomic mass is 16.5. The van der Waals surface area contributed by atoms with Crippen molar-refractivity contribution >= 4 is 17.6 Å². The maximum absolute atomic E-state index is 13.1. The zero-order chi connectivity index (χ0) is 20.3. The van der Waals surface area contributed by atoms with E-state index in [0.717, 1.165) is 11.1 Å². The molecule has 0 aliphatic carbocycles. The van der Waals surface area contributed by atoms with E-state index in [-0.39, 0.29) is 11.9 Å². The number of methoxy groups -OCH3 is 2.